The van der Waals surface area contributed by atoms with Crippen molar-refractivity contribution in [3.63, 3.8) is 0 Å². The molecule has 0 aliphatic heterocycles. The maximum absolute atomic E-state index is 13.0. The van der Waals surface area contributed by atoms with E-state index in [1.54, 1.807) is 36.3 Å². The average molecular weight is 279 g/mol. The number of benzene rings is 1. The number of pyridine rings is 1. The largest absolute Gasteiger partial charge is 0.255 e. The molecule has 3 aromatic rings. The van der Waals surface area contributed by atoms with Crippen molar-refractivity contribution in [1.29, 1.82) is 5.26 Å². The number of halogens is 1. The Morgan fingerprint density at radius 1 is 1.19 bits per heavy atom. The van der Waals surface area contributed by atoms with Gasteiger partial charge in [0.05, 0.1) is 6.20 Å². The molecule has 0 saturated heterocycles. The van der Waals surface area contributed by atoms with Crippen molar-refractivity contribution >= 4 is 0 Å². The van der Waals surface area contributed by atoms with Crippen molar-refractivity contribution in [3.8, 4) is 28.5 Å². The van der Waals surface area contributed by atoms with E-state index < -0.39 is 0 Å². The van der Waals surface area contributed by atoms with E-state index in [1.807, 2.05) is 12.1 Å². The summed E-state index contributed by atoms with van der Waals surface area (Å²) in [4.78, 5) is 4.15. The molecule has 5 nitrogen and oxygen atoms in total. The minimum atomic E-state index is -0.297. The second-order valence-corrected chi connectivity index (χ2v) is 4.52. The number of hydrogen-bond acceptors (Lipinski definition) is 4. The van der Waals surface area contributed by atoms with Gasteiger partial charge in [0.25, 0.3) is 0 Å². The van der Waals surface area contributed by atoms with E-state index in [2.05, 4.69) is 15.3 Å². The Balaban J connectivity index is 2.13. The van der Waals surface area contributed by atoms with Crippen LogP contribution in [0.25, 0.3) is 22.4 Å². The lowest BCUT2D eigenvalue weighted by molar-refractivity contribution is 0.628. The molecule has 0 aliphatic carbocycles. The van der Waals surface area contributed by atoms with E-state index in [-0.39, 0.29) is 11.5 Å². The summed E-state index contributed by atoms with van der Waals surface area (Å²) in [6.45, 7) is 0. The Morgan fingerprint density at radius 3 is 2.57 bits per heavy atom. The van der Waals surface area contributed by atoms with Gasteiger partial charge in [-0.1, -0.05) is 17.3 Å². The number of nitrogens with zero attached hydrogens (tertiary/aromatic N) is 5. The van der Waals surface area contributed by atoms with Gasteiger partial charge in [-0.3, -0.25) is 4.68 Å². The van der Waals surface area contributed by atoms with Crippen LogP contribution in [-0.4, -0.2) is 20.0 Å². The third kappa shape index (κ3) is 2.49. The summed E-state index contributed by atoms with van der Waals surface area (Å²) >= 11 is 0. The number of aryl methyl sites for hydroxylation is 1. The second kappa shape index (κ2) is 5.13. The Bertz CT molecular complexity index is 830. The van der Waals surface area contributed by atoms with E-state index in [0.29, 0.717) is 11.3 Å². The van der Waals surface area contributed by atoms with Crippen LogP contribution >= 0.6 is 0 Å². The molecule has 0 bridgehead atoms. The van der Waals surface area contributed by atoms with Crippen molar-refractivity contribution < 1.29 is 4.39 Å². The molecule has 2 aromatic heterocycles. The Labute approximate surface area is 120 Å². The van der Waals surface area contributed by atoms with Crippen LogP contribution in [0.5, 0.6) is 0 Å². The molecule has 0 unspecified atom stereocenters. The highest BCUT2D eigenvalue weighted by Gasteiger charge is 2.12. The number of hydrogen-bond donors (Lipinski definition) is 0. The Kier molecular flexibility index (Phi) is 3.16. The van der Waals surface area contributed by atoms with Gasteiger partial charge in [-0.2, -0.15) is 5.26 Å². The summed E-state index contributed by atoms with van der Waals surface area (Å²) in [7, 11) is 1.75. The quantitative estimate of drug-likeness (QED) is 0.723. The van der Waals surface area contributed by atoms with E-state index >= 15 is 0 Å². The fourth-order valence-electron chi connectivity index (χ4n) is 2.02. The van der Waals surface area contributed by atoms with Gasteiger partial charge >= 0.3 is 0 Å². The lowest BCUT2D eigenvalue weighted by atomic mass is 10.0. The highest BCUT2D eigenvalue weighted by Crippen LogP contribution is 2.26. The summed E-state index contributed by atoms with van der Waals surface area (Å²) in [5.41, 5.74) is 3.06. The van der Waals surface area contributed by atoms with Gasteiger partial charge in [0.1, 0.15) is 23.3 Å². The van der Waals surface area contributed by atoms with Crippen molar-refractivity contribution in [2.24, 2.45) is 7.05 Å². The lowest BCUT2D eigenvalue weighted by Crippen LogP contribution is -1.91. The third-order valence-corrected chi connectivity index (χ3v) is 3.05. The first kappa shape index (κ1) is 12.9. The minimum absolute atomic E-state index is 0.279. The van der Waals surface area contributed by atoms with Crippen LogP contribution in [0.15, 0.2) is 42.7 Å². The maximum atomic E-state index is 13.0. The molecule has 102 valence electrons. The summed E-state index contributed by atoms with van der Waals surface area (Å²) in [5, 5.41) is 17.0. The topological polar surface area (TPSA) is 67.4 Å². The van der Waals surface area contributed by atoms with E-state index in [1.165, 1.54) is 12.1 Å². The molecule has 1 aromatic carbocycles. The molecule has 3 rings (SSSR count). The fraction of sp³-hybridized carbons (Fsp3) is 0.0667. The van der Waals surface area contributed by atoms with Gasteiger partial charge in [0.2, 0.25) is 0 Å². The normalized spacial score (nSPS) is 10.3. The molecule has 0 radical (unpaired) electrons. The van der Waals surface area contributed by atoms with Crippen LogP contribution in [0.2, 0.25) is 0 Å². The number of aromatic nitrogens is 4. The molecule has 0 fully saturated rings. The van der Waals surface area contributed by atoms with Gasteiger partial charge in [-0.25, -0.2) is 9.37 Å². The number of nitriles is 1. The molecular weight excluding hydrogens is 269 g/mol. The predicted octanol–water partition coefficient (Wildman–Crippen LogP) is 2.55. The zero-order valence-electron chi connectivity index (χ0n) is 11.2. The maximum Gasteiger partial charge on any atom is 0.149 e. The van der Waals surface area contributed by atoms with Crippen LogP contribution in [0.1, 0.15) is 5.69 Å². The summed E-state index contributed by atoms with van der Waals surface area (Å²) < 4.78 is 14.5. The fourth-order valence-corrected chi connectivity index (χ4v) is 2.02. The first-order valence-electron chi connectivity index (χ1n) is 6.20. The zero-order valence-corrected chi connectivity index (χ0v) is 11.2. The first-order chi connectivity index (χ1) is 10.2. The lowest BCUT2D eigenvalue weighted by Gasteiger charge is -2.05. The van der Waals surface area contributed by atoms with E-state index in [4.69, 9.17) is 5.26 Å². The molecule has 6 heteroatoms. The smallest absolute Gasteiger partial charge is 0.149 e. The van der Waals surface area contributed by atoms with Gasteiger partial charge in [-0.15, -0.1) is 5.10 Å². The molecule has 0 N–H and O–H groups in total. The van der Waals surface area contributed by atoms with Gasteiger partial charge in [0.15, 0.2) is 0 Å². The predicted molar refractivity (Wildman–Crippen MR) is 74.3 cm³/mol. The van der Waals surface area contributed by atoms with Crippen LogP contribution in [0.3, 0.4) is 0 Å². The van der Waals surface area contributed by atoms with Crippen molar-refractivity contribution in [3.05, 3.63) is 54.2 Å². The summed E-state index contributed by atoms with van der Waals surface area (Å²) in [6.07, 6.45) is 3.30. The summed E-state index contributed by atoms with van der Waals surface area (Å²) in [6, 6.07) is 9.95. The van der Waals surface area contributed by atoms with Gasteiger partial charge in [-0.05, 0) is 23.8 Å². The summed E-state index contributed by atoms with van der Waals surface area (Å²) in [5.74, 6) is -0.297. The molecule has 21 heavy (non-hydrogen) atoms. The molecule has 0 saturated carbocycles. The molecule has 0 aliphatic rings. The van der Waals surface area contributed by atoms with Gasteiger partial charge in [0, 0.05) is 24.4 Å². The second-order valence-electron chi connectivity index (χ2n) is 4.52. The third-order valence-electron chi connectivity index (χ3n) is 3.05. The van der Waals surface area contributed by atoms with Crippen molar-refractivity contribution in [2.75, 3.05) is 0 Å². The van der Waals surface area contributed by atoms with Crippen LogP contribution < -0.4 is 0 Å². The van der Waals surface area contributed by atoms with Crippen molar-refractivity contribution in [1.82, 2.24) is 20.0 Å². The molecule has 2 heterocycles. The molecule has 0 spiro atoms. The standard InChI is InChI=1S/C15H10FN5/c1-21-9-15(19-20-21)13-6-11(8-18-14(13)7-17)10-2-4-12(16)5-3-10/h2-6,8-9H,1H3. The zero-order chi connectivity index (χ0) is 14.8. The average Bonchev–Trinajstić information content (AvgIpc) is 2.94. The minimum Gasteiger partial charge on any atom is -0.255 e. The van der Waals surface area contributed by atoms with Crippen LogP contribution in [0, 0.1) is 17.1 Å². The van der Waals surface area contributed by atoms with Crippen molar-refractivity contribution in [2.45, 2.75) is 0 Å². The highest BCUT2D eigenvalue weighted by atomic mass is 19.1. The number of rotatable bonds is 2. The Hall–Kier alpha value is -3.07. The van der Waals surface area contributed by atoms with Crippen LogP contribution in [-0.2, 0) is 7.05 Å². The highest BCUT2D eigenvalue weighted by molar-refractivity contribution is 5.73. The molecular formula is C15H10FN5. The van der Waals surface area contributed by atoms with E-state index in [9.17, 15) is 4.39 Å². The van der Waals surface area contributed by atoms with Gasteiger partial charge < -0.3 is 0 Å². The Morgan fingerprint density at radius 2 is 1.95 bits per heavy atom. The first-order valence-corrected chi connectivity index (χ1v) is 6.20. The van der Waals surface area contributed by atoms with E-state index in [0.717, 1.165) is 11.1 Å². The molecule has 0 amide bonds. The monoisotopic (exact) mass is 279 g/mol. The van der Waals surface area contributed by atoms with Crippen LogP contribution in [0.4, 0.5) is 4.39 Å². The molecule has 0 atom stereocenters. The SMILES string of the molecule is Cn1cc(-c2cc(-c3ccc(F)cc3)cnc2C#N)nn1.